The maximum absolute atomic E-state index is 10.4. The van der Waals surface area contributed by atoms with Gasteiger partial charge in [0.2, 0.25) is 12.3 Å². The van der Waals surface area contributed by atoms with Crippen molar-refractivity contribution < 1.29 is 9.53 Å². The third-order valence-electron chi connectivity index (χ3n) is 2.12. The Morgan fingerprint density at radius 2 is 2.20 bits per heavy atom. The number of anilines is 1. The molecule has 0 unspecified atom stereocenters. The lowest BCUT2D eigenvalue weighted by atomic mass is 10.2. The van der Waals surface area contributed by atoms with Gasteiger partial charge in [0.05, 0.1) is 18.3 Å². The molecule has 1 heterocycles. The molecule has 15 heavy (non-hydrogen) atoms. The SMILES string of the molecule is COc1ccc2cccc(NC=O)c2n1. The van der Waals surface area contributed by atoms with Crippen molar-refractivity contribution in [2.24, 2.45) is 0 Å². The standard InChI is InChI=1S/C11H10N2O2/c1-15-10-6-5-8-3-2-4-9(12-7-14)11(8)13-10/h2-7H,1H3,(H,12,14). The van der Waals surface area contributed by atoms with Crippen LogP contribution >= 0.6 is 0 Å². The number of hydrogen-bond donors (Lipinski definition) is 1. The van der Waals surface area contributed by atoms with Crippen molar-refractivity contribution >= 4 is 23.0 Å². The van der Waals surface area contributed by atoms with Crippen LogP contribution in [0.15, 0.2) is 30.3 Å². The summed E-state index contributed by atoms with van der Waals surface area (Å²) < 4.78 is 5.03. The molecule has 1 N–H and O–H groups in total. The molecule has 2 aromatic rings. The Bertz CT molecular complexity index is 497. The van der Waals surface area contributed by atoms with E-state index in [0.717, 1.165) is 10.9 Å². The fraction of sp³-hybridized carbons (Fsp3) is 0.0909. The molecule has 0 aliphatic rings. The molecule has 1 amide bonds. The lowest BCUT2D eigenvalue weighted by molar-refractivity contribution is -0.105. The molecule has 2 rings (SSSR count). The zero-order chi connectivity index (χ0) is 10.7. The minimum absolute atomic E-state index is 0.530. The molecule has 0 saturated heterocycles. The van der Waals surface area contributed by atoms with Crippen LogP contribution in [-0.2, 0) is 4.79 Å². The monoisotopic (exact) mass is 202 g/mol. The van der Waals surface area contributed by atoms with Crippen molar-refractivity contribution in [3.05, 3.63) is 30.3 Å². The molecule has 0 radical (unpaired) electrons. The van der Waals surface area contributed by atoms with E-state index in [1.165, 1.54) is 0 Å². The highest BCUT2D eigenvalue weighted by Crippen LogP contribution is 2.23. The molecule has 0 fully saturated rings. The van der Waals surface area contributed by atoms with Gasteiger partial charge >= 0.3 is 0 Å². The Balaban J connectivity index is 2.64. The highest BCUT2D eigenvalue weighted by atomic mass is 16.5. The summed E-state index contributed by atoms with van der Waals surface area (Å²) in [4.78, 5) is 14.7. The second kappa shape index (κ2) is 3.96. The molecule has 0 bridgehead atoms. The number of hydrogen-bond acceptors (Lipinski definition) is 3. The number of rotatable bonds is 3. The van der Waals surface area contributed by atoms with Crippen LogP contribution in [0.2, 0.25) is 0 Å². The largest absolute Gasteiger partial charge is 0.481 e. The van der Waals surface area contributed by atoms with Gasteiger partial charge in [-0.05, 0) is 12.1 Å². The topological polar surface area (TPSA) is 51.2 Å². The second-order valence-corrected chi connectivity index (χ2v) is 2.99. The van der Waals surface area contributed by atoms with Crippen molar-refractivity contribution in [3.8, 4) is 5.88 Å². The van der Waals surface area contributed by atoms with Crippen LogP contribution in [0.5, 0.6) is 5.88 Å². The van der Waals surface area contributed by atoms with Crippen LogP contribution in [0, 0.1) is 0 Å². The molecule has 0 atom stereocenters. The Kier molecular flexibility index (Phi) is 2.49. The summed E-state index contributed by atoms with van der Waals surface area (Å²) >= 11 is 0. The quantitative estimate of drug-likeness (QED) is 0.772. The predicted octanol–water partition coefficient (Wildman–Crippen LogP) is 1.81. The minimum Gasteiger partial charge on any atom is -0.481 e. The second-order valence-electron chi connectivity index (χ2n) is 2.99. The highest BCUT2D eigenvalue weighted by molar-refractivity contribution is 5.94. The maximum atomic E-state index is 10.4. The molecular weight excluding hydrogens is 192 g/mol. The van der Waals surface area contributed by atoms with Crippen molar-refractivity contribution in [1.82, 2.24) is 4.98 Å². The summed E-state index contributed by atoms with van der Waals surface area (Å²) in [5, 5.41) is 3.56. The van der Waals surface area contributed by atoms with Crippen LogP contribution < -0.4 is 10.1 Å². The lowest BCUT2D eigenvalue weighted by Gasteiger charge is -2.05. The Morgan fingerprint density at radius 1 is 1.33 bits per heavy atom. The molecule has 0 aliphatic heterocycles. The summed E-state index contributed by atoms with van der Waals surface area (Å²) in [6, 6.07) is 9.27. The van der Waals surface area contributed by atoms with Crippen molar-refractivity contribution in [2.45, 2.75) is 0 Å². The summed E-state index contributed by atoms with van der Waals surface area (Å²) in [6.07, 6.45) is 0.635. The molecule has 76 valence electrons. The third kappa shape index (κ3) is 1.74. The first kappa shape index (κ1) is 9.45. The number of amides is 1. The zero-order valence-corrected chi connectivity index (χ0v) is 8.23. The van der Waals surface area contributed by atoms with E-state index >= 15 is 0 Å². The van der Waals surface area contributed by atoms with Crippen molar-refractivity contribution in [3.63, 3.8) is 0 Å². The number of aromatic nitrogens is 1. The van der Waals surface area contributed by atoms with Crippen LogP contribution in [0.25, 0.3) is 10.9 Å². The van der Waals surface area contributed by atoms with Gasteiger partial charge in [-0.25, -0.2) is 4.98 Å². The van der Waals surface area contributed by atoms with Crippen LogP contribution in [0.1, 0.15) is 0 Å². The number of pyridine rings is 1. The summed E-state index contributed by atoms with van der Waals surface area (Å²) in [6.45, 7) is 0. The molecule has 0 aliphatic carbocycles. The number of carbonyl (C=O) groups is 1. The van der Waals surface area contributed by atoms with Gasteiger partial charge in [-0.1, -0.05) is 12.1 Å². The van der Waals surface area contributed by atoms with E-state index in [-0.39, 0.29) is 0 Å². The third-order valence-corrected chi connectivity index (χ3v) is 2.12. The fourth-order valence-electron chi connectivity index (χ4n) is 1.42. The highest BCUT2D eigenvalue weighted by Gasteiger charge is 2.02. The zero-order valence-electron chi connectivity index (χ0n) is 8.23. The van der Waals surface area contributed by atoms with Gasteiger partial charge in [0, 0.05) is 11.5 Å². The molecule has 4 nitrogen and oxygen atoms in total. The summed E-state index contributed by atoms with van der Waals surface area (Å²) in [5.74, 6) is 0.530. The van der Waals surface area contributed by atoms with Gasteiger partial charge in [0.15, 0.2) is 0 Å². The number of methoxy groups -OCH3 is 1. The summed E-state index contributed by atoms with van der Waals surface area (Å²) in [7, 11) is 1.56. The molecule has 1 aromatic heterocycles. The number of carbonyl (C=O) groups excluding carboxylic acids is 1. The average molecular weight is 202 g/mol. The van der Waals surface area contributed by atoms with Gasteiger partial charge < -0.3 is 10.1 Å². The van der Waals surface area contributed by atoms with E-state index in [0.29, 0.717) is 18.0 Å². The van der Waals surface area contributed by atoms with Gasteiger partial charge in [-0.2, -0.15) is 0 Å². The van der Waals surface area contributed by atoms with E-state index in [1.807, 2.05) is 18.2 Å². The molecule has 0 spiro atoms. The summed E-state index contributed by atoms with van der Waals surface area (Å²) in [5.41, 5.74) is 1.41. The molecule has 1 aromatic carbocycles. The van der Waals surface area contributed by atoms with Gasteiger partial charge in [0.25, 0.3) is 0 Å². The maximum Gasteiger partial charge on any atom is 0.213 e. The van der Waals surface area contributed by atoms with Gasteiger partial charge in [-0.15, -0.1) is 0 Å². The Morgan fingerprint density at radius 3 is 2.93 bits per heavy atom. The Labute approximate surface area is 86.9 Å². The van der Waals surface area contributed by atoms with Gasteiger partial charge in [-0.3, -0.25) is 4.79 Å². The minimum atomic E-state index is 0.530. The normalized spacial score (nSPS) is 9.93. The fourth-order valence-corrected chi connectivity index (χ4v) is 1.42. The van der Waals surface area contributed by atoms with E-state index in [4.69, 9.17) is 4.74 Å². The van der Waals surface area contributed by atoms with Crippen LogP contribution in [0.3, 0.4) is 0 Å². The molecule has 4 heteroatoms. The number of nitrogens with zero attached hydrogens (tertiary/aromatic N) is 1. The van der Waals surface area contributed by atoms with Gasteiger partial charge in [0.1, 0.15) is 0 Å². The van der Waals surface area contributed by atoms with E-state index in [2.05, 4.69) is 10.3 Å². The number of benzene rings is 1. The van der Waals surface area contributed by atoms with Crippen molar-refractivity contribution in [1.29, 1.82) is 0 Å². The lowest BCUT2D eigenvalue weighted by Crippen LogP contribution is -1.96. The number of ether oxygens (including phenoxy) is 1. The average Bonchev–Trinajstić information content (AvgIpc) is 2.29. The van der Waals surface area contributed by atoms with Crippen LogP contribution in [0.4, 0.5) is 5.69 Å². The Hall–Kier alpha value is -2.10. The molecular formula is C11H10N2O2. The number of para-hydroxylation sites is 1. The first-order valence-corrected chi connectivity index (χ1v) is 4.49. The predicted molar refractivity (Wildman–Crippen MR) is 58.0 cm³/mol. The first-order chi connectivity index (χ1) is 7.35. The van der Waals surface area contributed by atoms with Crippen molar-refractivity contribution in [2.75, 3.05) is 12.4 Å². The smallest absolute Gasteiger partial charge is 0.213 e. The number of fused-ring (bicyclic) bond motifs is 1. The first-order valence-electron chi connectivity index (χ1n) is 4.49. The van der Waals surface area contributed by atoms with E-state index < -0.39 is 0 Å². The van der Waals surface area contributed by atoms with Crippen LogP contribution in [-0.4, -0.2) is 18.5 Å². The number of nitrogens with one attached hydrogen (secondary N) is 1. The molecule has 0 saturated carbocycles. The van der Waals surface area contributed by atoms with E-state index in [1.54, 1.807) is 19.2 Å². The van der Waals surface area contributed by atoms with E-state index in [9.17, 15) is 4.79 Å².